The molecule has 2 heteroatoms. The smallest absolute Gasteiger partial charge is 0.0361 e. The molecule has 0 saturated carbocycles. The molecule has 0 aromatic carbocycles. The first-order chi connectivity index (χ1) is 6.95. The molecule has 0 bridgehead atoms. The molecule has 1 heterocycles. The van der Waals surface area contributed by atoms with Gasteiger partial charge in [-0.2, -0.15) is 0 Å². The molecular formula is C13H24N2. The van der Waals surface area contributed by atoms with Gasteiger partial charge >= 0.3 is 0 Å². The molecule has 2 nitrogen and oxygen atoms in total. The minimum absolute atomic E-state index is 0.333. The first kappa shape index (κ1) is 12.3. The summed E-state index contributed by atoms with van der Waals surface area (Å²) in [7, 11) is 2.09. The second kappa shape index (κ2) is 4.84. The molecule has 1 unspecified atom stereocenters. The van der Waals surface area contributed by atoms with Gasteiger partial charge in [0.1, 0.15) is 0 Å². The van der Waals surface area contributed by atoms with Crippen LogP contribution in [0.2, 0.25) is 0 Å². The van der Waals surface area contributed by atoms with Crippen LogP contribution in [-0.4, -0.2) is 10.6 Å². The van der Waals surface area contributed by atoms with Crippen LogP contribution >= 0.6 is 0 Å². The monoisotopic (exact) mass is 208 g/mol. The molecule has 15 heavy (non-hydrogen) atoms. The molecule has 0 aliphatic carbocycles. The van der Waals surface area contributed by atoms with Crippen molar-refractivity contribution in [1.29, 1.82) is 0 Å². The van der Waals surface area contributed by atoms with Crippen LogP contribution in [0.3, 0.4) is 0 Å². The molecule has 1 aromatic rings. The van der Waals surface area contributed by atoms with Crippen LogP contribution in [-0.2, 0) is 13.6 Å². The molecular weight excluding hydrogens is 184 g/mol. The van der Waals surface area contributed by atoms with Gasteiger partial charge in [-0.25, -0.2) is 0 Å². The van der Waals surface area contributed by atoms with Gasteiger partial charge in [0, 0.05) is 31.5 Å². The molecule has 0 aliphatic heterocycles. The Morgan fingerprint density at radius 2 is 2.07 bits per heavy atom. The van der Waals surface area contributed by atoms with Crippen LogP contribution in [0, 0.1) is 5.41 Å². The Morgan fingerprint density at radius 3 is 2.47 bits per heavy atom. The van der Waals surface area contributed by atoms with Gasteiger partial charge in [-0.05, 0) is 24.0 Å². The Balaban J connectivity index is 2.52. The van der Waals surface area contributed by atoms with Gasteiger partial charge in [-0.15, -0.1) is 0 Å². The van der Waals surface area contributed by atoms with Crippen molar-refractivity contribution in [3.8, 4) is 0 Å². The predicted molar refractivity (Wildman–Crippen MR) is 65.8 cm³/mol. The van der Waals surface area contributed by atoms with E-state index < -0.39 is 0 Å². The van der Waals surface area contributed by atoms with Crippen LogP contribution in [0.1, 0.15) is 39.8 Å². The zero-order valence-corrected chi connectivity index (χ0v) is 10.7. The van der Waals surface area contributed by atoms with Gasteiger partial charge in [0.25, 0.3) is 0 Å². The molecule has 1 aromatic heterocycles. The number of hydrogen-bond donors (Lipinski definition) is 1. The van der Waals surface area contributed by atoms with Crippen molar-refractivity contribution in [1.82, 2.24) is 9.88 Å². The van der Waals surface area contributed by atoms with Gasteiger partial charge in [0.2, 0.25) is 0 Å². The van der Waals surface area contributed by atoms with Gasteiger partial charge in [-0.1, -0.05) is 27.7 Å². The number of aryl methyl sites for hydroxylation is 1. The van der Waals surface area contributed by atoms with E-state index in [-0.39, 0.29) is 0 Å². The molecule has 0 amide bonds. The molecule has 0 spiro atoms. The second-order valence-corrected chi connectivity index (χ2v) is 5.32. The molecule has 1 N–H and O–H groups in total. The van der Waals surface area contributed by atoms with E-state index in [4.69, 9.17) is 0 Å². The number of aromatic nitrogens is 1. The normalized spacial score (nSPS) is 14.2. The van der Waals surface area contributed by atoms with E-state index in [1.54, 1.807) is 0 Å². The molecule has 0 saturated heterocycles. The maximum atomic E-state index is 3.63. The van der Waals surface area contributed by atoms with Gasteiger partial charge in [0.05, 0.1) is 0 Å². The predicted octanol–water partition coefficient (Wildman–Crippen LogP) is 2.94. The Labute approximate surface area is 93.7 Å². The molecule has 0 fully saturated rings. The van der Waals surface area contributed by atoms with Crippen molar-refractivity contribution >= 4 is 0 Å². The average Bonchev–Trinajstić information content (AvgIpc) is 2.50. The quantitative estimate of drug-likeness (QED) is 0.805. The van der Waals surface area contributed by atoms with Gasteiger partial charge in [-0.3, -0.25) is 0 Å². The average molecular weight is 208 g/mol. The van der Waals surface area contributed by atoms with Crippen LogP contribution in [0.25, 0.3) is 0 Å². The first-order valence-electron chi connectivity index (χ1n) is 5.78. The summed E-state index contributed by atoms with van der Waals surface area (Å²) < 4.78 is 2.17. The minimum Gasteiger partial charge on any atom is -0.353 e. The van der Waals surface area contributed by atoms with Crippen molar-refractivity contribution in [2.24, 2.45) is 12.5 Å². The third-order valence-corrected chi connectivity index (χ3v) is 3.03. The summed E-state index contributed by atoms with van der Waals surface area (Å²) in [5, 5.41) is 3.63. The van der Waals surface area contributed by atoms with Crippen LogP contribution in [0.4, 0.5) is 0 Å². The highest BCUT2D eigenvalue weighted by molar-refractivity contribution is 5.06. The maximum Gasteiger partial charge on any atom is 0.0361 e. The molecule has 0 radical (unpaired) electrons. The number of rotatable bonds is 4. The number of nitrogens with zero attached hydrogens (tertiary/aromatic N) is 1. The Bertz CT molecular complexity index is 294. The second-order valence-electron chi connectivity index (χ2n) is 5.32. The topological polar surface area (TPSA) is 17.0 Å². The molecule has 1 rings (SSSR count). The van der Waals surface area contributed by atoms with Crippen LogP contribution in [0.5, 0.6) is 0 Å². The van der Waals surface area contributed by atoms with E-state index in [2.05, 4.69) is 63.0 Å². The fraction of sp³-hybridized carbons (Fsp3) is 0.692. The van der Waals surface area contributed by atoms with Gasteiger partial charge < -0.3 is 9.88 Å². The summed E-state index contributed by atoms with van der Waals surface area (Å²) in [4.78, 5) is 0. The standard InChI is InChI=1S/C13H24N2/c1-6-12(13(2,3)4)14-10-11-8-7-9-15(11)5/h7-9,12,14H,6,10H2,1-5H3. The fourth-order valence-electron chi connectivity index (χ4n) is 1.97. The maximum absolute atomic E-state index is 3.63. The van der Waals surface area contributed by atoms with Crippen molar-refractivity contribution in [2.75, 3.05) is 0 Å². The lowest BCUT2D eigenvalue weighted by Crippen LogP contribution is -2.39. The first-order valence-corrected chi connectivity index (χ1v) is 5.78. The molecule has 1 atom stereocenters. The third-order valence-electron chi connectivity index (χ3n) is 3.03. The minimum atomic E-state index is 0.333. The molecule has 0 aliphatic rings. The summed E-state index contributed by atoms with van der Waals surface area (Å²) in [5.41, 5.74) is 1.68. The van der Waals surface area contributed by atoms with Crippen LogP contribution in [0.15, 0.2) is 18.3 Å². The van der Waals surface area contributed by atoms with Gasteiger partial charge in [0.15, 0.2) is 0 Å². The van der Waals surface area contributed by atoms with Crippen molar-refractivity contribution < 1.29 is 0 Å². The lowest BCUT2D eigenvalue weighted by Gasteiger charge is -2.30. The lowest BCUT2D eigenvalue weighted by molar-refractivity contribution is 0.258. The summed E-state index contributed by atoms with van der Waals surface area (Å²) in [6.45, 7) is 10.1. The third kappa shape index (κ3) is 3.38. The zero-order chi connectivity index (χ0) is 11.5. The van der Waals surface area contributed by atoms with E-state index in [9.17, 15) is 0 Å². The number of hydrogen-bond acceptors (Lipinski definition) is 1. The summed E-state index contributed by atoms with van der Waals surface area (Å²) in [6.07, 6.45) is 3.27. The van der Waals surface area contributed by atoms with E-state index in [1.165, 1.54) is 12.1 Å². The summed E-state index contributed by atoms with van der Waals surface area (Å²) >= 11 is 0. The van der Waals surface area contributed by atoms with Crippen LogP contribution < -0.4 is 5.32 Å². The van der Waals surface area contributed by atoms with E-state index >= 15 is 0 Å². The zero-order valence-electron chi connectivity index (χ0n) is 10.7. The largest absolute Gasteiger partial charge is 0.353 e. The van der Waals surface area contributed by atoms with Crippen molar-refractivity contribution in [3.63, 3.8) is 0 Å². The summed E-state index contributed by atoms with van der Waals surface area (Å²) in [5.74, 6) is 0. The van der Waals surface area contributed by atoms with E-state index in [0.717, 1.165) is 6.54 Å². The fourth-order valence-corrected chi connectivity index (χ4v) is 1.97. The van der Waals surface area contributed by atoms with E-state index in [1.807, 2.05) is 0 Å². The number of nitrogens with one attached hydrogen (secondary N) is 1. The summed E-state index contributed by atoms with van der Waals surface area (Å²) in [6, 6.07) is 4.84. The Hall–Kier alpha value is -0.760. The highest BCUT2D eigenvalue weighted by Crippen LogP contribution is 2.21. The van der Waals surface area contributed by atoms with Crippen molar-refractivity contribution in [3.05, 3.63) is 24.0 Å². The highest BCUT2D eigenvalue weighted by atomic mass is 15.0. The molecule has 86 valence electrons. The van der Waals surface area contributed by atoms with Crippen molar-refractivity contribution in [2.45, 2.75) is 46.7 Å². The Morgan fingerprint density at radius 1 is 1.40 bits per heavy atom. The lowest BCUT2D eigenvalue weighted by atomic mass is 9.85. The Kier molecular flexibility index (Phi) is 3.97. The SMILES string of the molecule is CCC(NCc1cccn1C)C(C)(C)C. The highest BCUT2D eigenvalue weighted by Gasteiger charge is 2.22. The van der Waals surface area contributed by atoms with E-state index in [0.29, 0.717) is 11.5 Å².